The van der Waals surface area contributed by atoms with E-state index in [0.29, 0.717) is 13.1 Å². The van der Waals surface area contributed by atoms with Crippen LogP contribution in [0.4, 0.5) is 10.7 Å². The summed E-state index contributed by atoms with van der Waals surface area (Å²) in [6.07, 6.45) is 5.45. The first-order valence-electron chi connectivity index (χ1n) is 11.8. The molecule has 1 aliphatic heterocycles. The zero-order valence-corrected chi connectivity index (χ0v) is 23.1. The predicted molar refractivity (Wildman–Crippen MR) is 146 cm³/mol. The van der Waals surface area contributed by atoms with Gasteiger partial charge in [-0.1, -0.05) is 13.8 Å². The molecule has 1 amide bonds. The standard InChI is InChI=1S/C23H25BrN6O2S.C2H6/c1-23(2,3)32-22(31)29-7-4-13(5-8-29)30-12-15(14-10-18(24)26-11-17(14)30)19-20-16(6-9-33-20)27-21(25)28-19;1-2/h6,9-13H,4-5,7-8H2,1-3H3,(H2,25,27,28);1-2H3. The molecule has 4 aromatic heterocycles. The minimum Gasteiger partial charge on any atom is -0.444 e. The molecule has 1 fully saturated rings. The van der Waals surface area contributed by atoms with Crippen LogP contribution in [-0.2, 0) is 4.74 Å². The fraction of sp³-hybridized carbons (Fsp3) is 0.440. The van der Waals surface area contributed by atoms with E-state index in [1.165, 1.54) is 0 Å². The summed E-state index contributed by atoms with van der Waals surface area (Å²) in [5.74, 6) is 0.260. The van der Waals surface area contributed by atoms with Gasteiger partial charge in [-0.3, -0.25) is 0 Å². The third kappa shape index (κ3) is 5.28. The van der Waals surface area contributed by atoms with E-state index in [4.69, 9.17) is 10.5 Å². The van der Waals surface area contributed by atoms with Crippen molar-refractivity contribution in [1.82, 2.24) is 24.4 Å². The van der Waals surface area contributed by atoms with Gasteiger partial charge in [-0.15, -0.1) is 11.3 Å². The number of amides is 1. The average molecular weight is 560 g/mol. The highest BCUT2D eigenvalue weighted by Crippen LogP contribution is 2.39. The molecule has 1 aliphatic rings. The third-order valence-electron chi connectivity index (χ3n) is 5.77. The number of hydrogen-bond acceptors (Lipinski definition) is 7. The van der Waals surface area contributed by atoms with Crippen molar-refractivity contribution in [2.45, 2.75) is 59.1 Å². The van der Waals surface area contributed by atoms with Crippen molar-refractivity contribution < 1.29 is 9.53 Å². The van der Waals surface area contributed by atoms with Gasteiger partial charge >= 0.3 is 6.09 Å². The third-order valence-corrected chi connectivity index (χ3v) is 7.12. The van der Waals surface area contributed by atoms with Crippen LogP contribution in [0.2, 0.25) is 0 Å². The van der Waals surface area contributed by atoms with E-state index < -0.39 is 5.60 Å². The molecule has 5 heterocycles. The first-order valence-corrected chi connectivity index (χ1v) is 13.5. The fourth-order valence-corrected chi connectivity index (χ4v) is 5.50. The van der Waals surface area contributed by atoms with Gasteiger partial charge in [-0.05, 0) is 67.1 Å². The van der Waals surface area contributed by atoms with Gasteiger partial charge in [0.2, 0.25) is 5.95 Å². The lowest BCUT2D eigenvalue weighted by Crippen LogP contribution is -2.42. The topological polar surface area (TPSA) is 99.2 Å². The van der Waals surface area contributed by atoms with Gasteiger partial charge in [0.25, 0.3) is 0 Å². The maximum absolute atomic E-state index is 12.5. The molecule has 186 valence electrons. The number of pyridine rings is 1. The Kier molecular flexibility index (Phi) is 7.32. The number of rotatable bonds is 2. The van der Waals surface area contributed by atoms with Crippen LogP contribution in [0.25, 0.3) is 32.4 Å². The summed E-state index contributed by atoms with van der Waals surface area (Å²) in [6.45, 7) is 11.0. The van der Waals surface area contributed by atoms with Crippen molar-refractivity contribution >= 4 is 60.4 Å². The number of likely N-dealkylation sites (tertiary alicyclic amines) is 1. The van der Waals surface area contributed by atoms with Crippen LogP contribution >= 0.6 is 27.3 Å². The summed E-state index contributed by atoms with van der Waals surface area (Å²) in [7, 11) is 0. The van der Waals surface area contributed by atoms with E-state index in [1.54, 1.807) is 16.2 Å². The lowest BCUT2D eigenvalue weighted by atomic mass is 10.1. The number of carbonyl (C=O) groups excluding carboxylic acids is 1. The van der Waals surface area contributed by atoms with E-state index in [-0.39, 0.29) is 18.1 Å². The lowest BCUT2D eigenvalue weighted by Gasteiger charge is -2.34. The van der Waals surface area contributed by atoms with Crippen molar-refractivity contribution in [1.29, 1.82) is 0 Å². The average Bonchev–Trinajstić information content (AvgIpc) is 3.43. The quantitative estimate of drug-likeness (QED) is 0.276. The zero-order chi connectivity index (χ0) is 25.3. The second kappa shape index (κ2) is 10.1. The molecule has 35 heavy (non-hydrogen) atoms. The number of anilines is 1. The van der Waals surface area contributed by atoms with Crippen molar-refractivity contribution in [2.24, 2.45) is 0 Å². The van der Waals surface area contributed by atoms with Crippen molar-refractivity contribution in [3.8, 4) is 11.3 Å². The smallest absolute Gasteiger partial charge is 0.410 e. The lowest BCUT2D eigenvalue weighted by molar-refractivity contribution is 0.0189. The summed E-state index contributed by atoms with van der Waals surface area (Å²) in [4.78, 5) is 27.7. The molecular formula is C25H31BrN6O2S. The molecule has 2 N–H and O–H groups in total. The van der Waals surface area contributed by atoms with E-state index in [1.807, 2.05) is 58.3 Å². The van der Waals surface area contributed by atoms with Crippen LogP contribution in [0.3, 0.4) is 0 Å². The normalized spacial score (nSPS) is 14.7. The summed E-state index contributed by atoms with van der Waals surface area (Å²) in [5.41, 5.74) is 9.26. The molecular weight excluding hydrogens is 528 g/mol. The van der Waals surface area contributed by atoms with Gasteiger partial charge < -0.3 is 19.9 Å². The Morgan fingerprint density at radius 1 is 1.23 bits per heavy atom. The highest BCUT2D eigenvalue weighted by Gasteiger charge is 2.29. The summed E-state index contributed by atoms with van der Waals surface area (Å²) in [5, 5.41) is 3.06. The second-order valence-corrected chi connectivity index (χ2v) is 11.0. The minimum atomic E-state index is -0.495. The minimum absolute atomic E-state index is 0.237. The highest BCUT2D eigenvalue weighted by atomic mass is 79.9. The number of nitrogens with zero attached hydrogens (tertiary/aromatic N) is 5. The first kappa shape index (κ1) is 25.4. The van der Waals surface area contributed by atoms with Crippen molar-refractivity contribution in [3.05, 3.63) is 34.5 Å². The Bertz CT molecular complexity index is 1350. The summed E-state index contributed by atoms with van der Waals surface area (Å²) < 4.78 is 9.59. The number of halogens is 1. The molecule has 0 atom stereocenters. The van der Waals surface area contributed by atoms with Gasteiger partial charge in [0.05, 0.1) is 27.6 Å². The van der Waals surface area contributed by atoms with E-state index in [2.05, 4.69) is 41.6 Å². The molecule has 0 spiro atoms. The van der Waals surface area contributed by atoms with Crippen LogP contribution in [0.15, 0.2) is 34.5 Å². The SMILES string of the molecule is CC.CC(C)(C)OC(=O)N1CCC(n2cc(-c3nc(N)nc4ccsc34)c3cc(Br)ncc32)CC1. The van der Waals surface area contributed by atoms with Gasteiger partial charge in [0, 0.05) is 36.3 Å². The summed E-state index contributed by atoms with van der Waals surface area (Å²) >= 11 is 5.12. The maximum Gasteiger partial charge on any atom is 0.410 e. The second-order valence-electron chi connectivity index (χ2n) is 9.24. The van der Waals surface area contributed by atoms with Gasteiger partial charge in [0.15, 0.2) is 0 Å². The molecule has 0 unspecified atom stereocenters. The van der Waals surface area contributed by atoms with Crippen molar-refractivity contribution in [2.75, 3.05) is 18.8 Å². The van der Waals surface area contributed by atoms with E-state index in [9.17, 15) is 4.79 Å². The Morgan fingerprint density at radius 3 is 2.63 bits per heavy atom. The Morgan fingerprint density at radius 2 is 1.94 bits per heavy atom. The molecule has 8 nitrogen and oxygen atoms in total. The Balaban J connectivity index is 0.00000141. The first-order chi connectivity index (χ1) is 16.7. The number of thiophene rings is 1. The zero-order valence-electron chi connectivity index (χ0n) is 20.7. The van der Waals surface area contributed by atoms with Crippen LogP contribution in [-0.4, -0.2) is 49.2 Å². The largest absolute Gasteiger partial charge is 0.444 e. The van der Waals surface area contributed by atoms with E-state index >= 15 is 0 Å². The molecule has 0 saturated carbocycles. The fourth-order valence-electron chi connectivity index (χ4n) is 4.33. The molecule has 5 rings (SSSR count). The number of carbonyl (C=O) groups is 1. The molecule has 0 bridgehead atoms. The Labute approximate surface area is 217 Å². The molecule has 0 radical (unpaired) electrons. The van der Waals surface area contributed by atoms with Crippen LogP contribution < -0.4 is 5.73 Å². The van der Waals surface area contributed by atoms with Gasteiger partial charge in [0.1, 0.15) is 10.2 Å². The molecule has 10 heteroatoms. The number of aromatic nitrogens is 4. The molecule has 1 saturated heterocycles. The molecule has 0 aliphatic carbocycles. The van der Waals surface area contributed by atoms with Gasteiger partial charge in [-0.2, -0.15) is 0 Å². The highest BCUT2D eigenvalue weighted by molar-refractivity contribution is 9.10. The number of fused-ring (bicyclic) bond motifs is 2. The number of hydrogen-bond donors (Lipinski definition) is 1. The van der Waals surface area contributed by atoms with Crippen LogP contribution in [0.1, 0.15) is 53.5 Å². The van der Waals surface area contributed by atoms with Gasteiger partial charge in [-0.25, -0.2) is 19.7 Å². The van der Waals surface area contributed by atoms with Crippen LogP contribution in [0, 0.1) is 0 Å². The maximum atomic E-state index is 12.5. The van der Waals surface area contributed by atoms with E-state index in [0.717, 1.165) is 49.8 Å². The molecule has 0 aromatic carbocycles. The number of nitrogens with two attached hydrogens (primary N) is 1. The van der Waals surface area contributed by atoms with Crippen molar-refractivity contribution in [3.63, 3.8) is 0 Å². The Hall–Kier alpha value is -2.72. The number of ether oxygens (including phenoxy) is 1. The number of nitrogen functional groups attached to an aromatic ring is 1. The summed E-state index contributed by atoms with van der Waals surface area (Å²) in [6, 6.07) is 4.22. The predicted octanol–water partition coefficient (Wildman–Crippen LogP) is 6.65. The van der Waals surface area contributed by atoms with Crippen LogP contribution in [0.5, 0.6) is 0 Å². The number of piperidine rings is 1. The molecule has 4 aromatic rings. The monoisotopic (exact) mass is 558 g/mol.